The minimum absolute atomic E-state index is 0.106. The van der Waals surface area contributed by atoms with Crippen LogP contribution < -0.4 is 15.8 Å². The van der Waals surface area contributed by atoms with Gasteiger partial charge in [-0.25, -0.2) is 9.97 Å². The molecule has 1 atom stereocenters. The number of aryl methyl sites for hydroxylation is 2. The highest BCUT2D eigenvalue weighted by Crippen LogP contribution is 2.27. The van der Waals surface area contributed by atoms with Crippen LogP contribution >= 0.6 is 11.6 Å². The lowest BCUT2D eigenvalue weighted by molar-refractivity contribution is -0.125. The Bertz CT molecular complexity index is 806. The van der Waals surface area contributed by atoms with Crippen LogP contribution in [0.2, 0.25) is 5.02 Å². The lowest BCUT2D eigenvalue weighted by Gasteiger charge is -2.17. The topological polar surface area (TPSA) is 87.2 Å². The number of amides is 2. The quantitative estimate of drug-likeness (QED) is 0.817. The highest BCUT2D eigenvalue weighted by molar-refractivity contribution is 6.31. The molecule has 1 aliphatic rings. The van der Waals surface area contributed by atoms with Crippen LogP contribution in [-0.2, 0) is 9.59 Å². The molecular formula is C17H18ClN5O2. The molecule has 3 rings (SSSR count). The smallest absolute Gasteiger partial charge is 0.243 e. The molecule has 1 fully saturated rings. The van der Waals surface area contributed by atoms with Crippen LogP contribution in [-0.4, -0.2) is 28.3 Å². The van der Waals surface area contributed by atoms with Crippen molar-refractivity contribution in [2.75, 3.05) is 16.9 Å². The fraction of sp³-hybridized carbons (Fsp3) is 0.294. The highest BCUT2D eigenvalue weighted by atomic mass is 35.5. The first-order chi connectivity index (χ1) is 11.9. The molecule has 0 aliphatic carbocycles. The third-order valence-electron chi connectivity index (χ3n) is 3.90. The standard InChI is InChI=1S/C17H18ClN5O2/c1-10-6-11(2)20-17(19-10)22-21-16(25)12-7-15(24)23(9-12)14-5-3-4-13(18)8-14/h3-6,8,12H,7,9H2,1-2H3,(H,21,25)(H,19,20,22). The average Bonchev–Trinajstić information content (AvgIpc) is 2.94. The first-order valence-electron chi connectivity index (χ1n) is 7.86. The maximum Gasteiger partial charge on any atom is 0.243 e. The lowest BCUT2D eigenvalue weighted by atomic mass is 10.1. The van der Waals surface area contributed by atoms with Crippen molar-refractivity contribution >= 4 is 35.1 Å². The van der Waals surface area contributed by atoms with Crippen molar-refractivity contribution in [1.82, 2.24) is 15.4 Å². The van der Waals surface area contributed by atoms with Gasteiger partial charge in [-0.3, -0.25) is 20.4 Å². The van der Waals surface area contributed by atoms with E-state index >= 15 is 0 Å². The van der Waals surface area contributed by atoms with E-state index in [4.69, 9.17) is 11.6 Å². The molecule has 130 valence electrons. The molecule has 2 amide bonds. The summed E-state index contributed by atoms with van der Waals surface area (Å²) in [7, 11) is 0. The van der Waals surface area contributed by atoms with Crippen LogP contribution in [0.4, 0.5) is 11.6 Å². The van der Waals surface area contributed by atoms with Crippen LogP contribution in [0.15, 0.2) is 30.3 Å². The van der Waals surface area contributed by atoms with Gasteiger partial charge in [0.25, 0.3) is 0 Å². The van der Waals surface area contributed by atoms with Crippen LogP contribution in [0.25, 0.3) is 0 Å². The predicted octanol–water partition coefficient (Wildman–Crippen LogP) is 2.24. The van der Waals surface area contributed by atoms with Crippen molar-refractivity contribution in [2.45, 2.75) is 20.3 Å². The van der Waals surface area contributed by atoms with Crippen LogP contribution in [0.1, 0.15) is 17.8 Å². The zero-order valence-corrected chi connectivity index (χ0v) is 14.7. The third kappa shape index (κ3) is 4.06. The van der Waals surface area contributed by atoms with E-state index in [1.807, 2.05) is 19.9 Å². The van der Waals surface area contributed by atoms with Crippen molar-refractivity contribution in [3.63, 3.8) is 0 Å². The minimum atomic E-state index is -0.454. The average molecular weight is 360 g/mol. The Balaban J connectivity index is 1.62. The molecule has 1 saturated heterocycles. The summed E-state index contributed by atoms with van der Waals surface area (Å²) in [4.78, 5) is 34.5. The molecular weight excluding hydrogens is 342 g/mol. The Hall–Kier alpha value is -2.67. The monoisotopic (exact) mass is 359 g/mol. The number of anilines is 2. The summed E-state index contributed by atoms with van der Waals surface area (Å²) in [5, 5.41) is 0.548. The summed E-state index contributed by atoms with van der Waals surface area (Å²) in [6, 6.07) is 8.86. The fourth-order valence-electron chi connectivity index (χ4n) is 2.78. The first kappa shape index (κ1) is 17.2. The van der Waals surface area contributed by atoms with Gasteiger partial charge in [0.05, 0.1) is 5.92 Å². The van der Waals surface area contributed by atoms with Crippen LogP contribution in [0.3, 0.4) is 0 Å². The summed E-state index contributed by atoms with van der Waals surface area (Å²) in [6.45, 7) is 4.00. The molecule has 0 bridgehead atoms. The van der Waals surface area contributed by atoms with Crippen LogP contribution in [0, 0.1) is 19.8 Å². The predicted molar refractivity (Wildman–Crippen MR) is 95.2 cm³/mol. The first-order valence-corrected chi connectivity index (χ1v) is 8.24. The van der Waals surface area contributed by atoms with Gasteiger partial charge in [-0.2, -0.15) is 0 Å². The van der Waals surface area contributed by atoms with Gasteiger partial charge >= 0.3 is 0 Å². The summed E-state index contributed by atoms with van der Waals surface area (Å²) in [6.07, 6.45) is 0.147. The normalized spacial score (nSPS) is 16.8. The maximum atomic E-state index is 12.3. The number of hydrazine groups is 1. The molecule has 2 N–H and O–H groups in total. The zero-order chi connectivity index (χ0) is 18.0. The Kier molecular flexibility index (Phi) is 4.85. The van der Waals surface area contributed by atoms with Gasteiger partial charge < -0.3 is 4.90 Å². The molecule has 8 heteroatoms. The largest absolute Gasteiger partial charge is 0.312 e. The number of carbonyl (C=O) groups is 2. The van der Waals surface area contributed by atoms with E-state index in [1.165, 1.54) is 0 Å². The Labute approximate surface area is 150 Å². The van der Waals surface area contributed by atoms with Gasteiger partial charge in [-0.05, 0) is 38.1 Å². The highest BCUT2D eigenvalue weighted by Gasteiger charge is 2.35. The molecule has 1 aromatic heterocycles. The lowest BCUT2D eigenvalue weighted by Crippen LogP contribution is -2.37. The fourth-order valence-corrected chi connectivity index (χ4v) is 2.96. The minimum Gasteiger partial charge on any atom is -0.312 e. The molecule has 1 unspecified atom stereocenters. The number of halogens is 1. The second kappa shape index (κ2) is 7.06. The number of hydrogen-bond donors (Lipinski definition) is 2. The molecule has 0 spiro atoms. The Morgan fingerprint density at radius 2 is 1.96 bits per heavy atom. The number of aromatic nitrogens is 2. The molecule has 7 nitrogen and oxygen atoms in total. The van der Waals surface area contributed by atoms with E-state index in [0.29, 0.717) is 23.2 Å². The van der Waals surface area contributed by atoms with Crippen molar-refractivity contribution in [3.8, 4) is 0 Å². The summed E-state index contributed by atoms with van der Waals surface area (Å²) in [5.74, 6) is -0.516. The number of carbonyl (C=O) groups excluding carboxylic acids is 2. The van der Waals surface area contributed by atoms with Crippen LogP contribution in [0.5, 0.6) is 0 Å². The zero-order valence-electron chi connectivity index (χ0n) is 13.9. The maximum absolute atomic E-state index is 12.3. The van der Waals surface area contributed by atoms with Gasteiger partial charge in [-0.1, -0.05) is 17.7 Å². The molecule has 0 saturated carbocycles. The van der Waals surface area contributed by atoms with E-state index in [1.54, 1.807) is 29.2 Å². The Morgan fingerprint density at radius 1 is 1.24 bits per heavy atom. The van der Waals surface area contributed by atoms with Crippen molar-refractivity contribution < 1.29 is 9.59 Å². The van der Waals surface area contributed by atoms with E-state index in [2.05, 4.69) is 20.8 Å². The number of rotatable bonds is 4. The van der Waals surface area contributed by atoms with E-state index in [0.717, 1.165) is 11.4 Å². The van der Waals surface area contributed by atoms with Gasteiger partial charge in [0.15, 0.2) is 0 Å². The summed E-state index contributed by atoms with van der Waals surface area (Å²) in [5.41, 5.74) is 7.58. The SMILES string of the molecule is Cc1cc(C)nc(NNC(=O)C2CC(=O)N(c3cccc(Cl)c3)C2)n1. The van der Waals surface area contributed by atoms with Gasteiger partial charge in [0.1, 0.15) is 0 Å². The number of nitrogens with zero attached hydrogens (tertiary/aromatic N) is 3. The van der Waals surface area contributed by atoms with E-state index in [-0.39, 0.29) is 18.2 Å². The molecule has 1 aliphatic heterocycles. The van der Waals surface area contributed by atoms with Crippen molar-refractivity contribution in [2.24, 2.45) is 5.92 Å². The molecule has 0 radical (unpaired) electrons. The molecule has 2 aromatic rings. The second-order valence-corrected chi connectivity index (χ2v) is 6.41. The van der Waals surface area contributed by atoms with E-state index < -0.39 is 5.92 Å². The Morgan fingerprint density at radius 3 is 2.64 bits per heavy atom. The van der Waals surface area contributed by atoms with Gasteiger partial charge in [0.2, 0.25) is 17.8 Å². The van der Waals surface area contributed by atoms with Crippen molar-refractivity contribution in [3.05, 3.63) is 46.7 Å². The van der Waals surface area contributed by atoms with E-state index in [9.17, 15) is 9.59 Å². The van der Waals surface area contributed by atoms with Gasteiger partial charge in [-0.15, -0.1) is 0 Å². The molecule has 25 heavy (non-hydrogen) atoms. The molecule has 1 aromatic carbocycles. The molecule has 2 heterocycles. The summed E-state index contributed by atoms with van der Waals surface area (Å²) >= 11 is 5.97. The second-order valence-electron chi connectivity index (χ2n) is 5.97. The third-order valence-corrected chi connectivity index (χ3v) is 4.13. The van der Waals surface area contributed by atoms with Crippen molar-refractivity contribution in [1.29, 1.82) is 0 Å². The summed E-state index contributed by atoms with van der Waals surface area (Å²) < 4.78 is 0. The van der Waals surface area contributed by atoms with Gasteiger partial charge in [0, 0.05) is 35.1 Å². The number of benzene rings is 1. The number of hydrogen-bond acceptors (Lipinski definition) is 5. The number of nitrogens with one attached hydrogen (secondary N) is 2.